The fourth-order valence-electron chi connectivity index (χ4n) is 6.38. The number of nitrogens with two attached hydrogens (primary N) is 6. The molecule has 5 amide bonds. The minimum Gasteiger partial charge on any atom is -0.370 e. The second-order valence-corrected chi connectivity index (χ2v) is 18.2. The van der Waals surface area contributed by atoms with E-state index in [1.807, 2.05) is 4.72 Å². The van der Waals surface area contributed by atoms with Crippen molar-refractivity contribution < 1.29 is 63.9 Å². The molecule has 0 saturated carbocycles. The van der Waals surface area contributed by atoms with E-state index in [4.69, 9.17) is 34.4 Å². The first-order chi connectivity index (χ1) is 33.8. The van der Waals surface area contributed by atoms with Crippen molar-refractivity contribution in [1.29, 1.82) is 0 Å². The summed E-state index contributed by atoms with van der Waals surface area (Å²) in [7, 11) is 0. The monoisotopic (exact) mass is 1090 g/mol. The van der Waals surface area contributed by atoms with E-state index in [9.17, 15) is 28.8 Å². The van der Waals surface area contributed by atoms with Gasteiger partial charge in [0.05, 0.1) is 27.5 Å². The Bertz CT molecular complexity index is 2390. The van der Waals surface area contributed by atoms with Crippen LogP contribution in [-0.2, 0) is 28.8 Å². The van der Waals surface area contributed by atoms with Crippen LogP contribution in [0.5, 0.6) is 0 Å². The molecule has 32 heteroatoms. The van der Waals surface area contributed by atoms with Crippen LogP contribution in [0.1, 0.15) is 52.4 Å². The maximum atomic E-state index is 15.8. The quantitative estimate of drug-likeness (QED) is 0.0245. The van der Waals surface area contributed by atoms with Gasteiger partial charge in [-0.05, 0) is 38.5 Å². The fraction of sp³-hybridized carbons (Fsp3) is 0.475. The van der Waals surface area contributed by atoms with E-state index >= 15 is 35.1 Å². The lowest BCUT2D eigenvalue weighted by Gasteiger charge is -2.27. The Morgan fingerprint density at radius 3 is 1.32 bits per heavy atom. The van der Waals surface area contributed by atoms with Crippen molar-refractivity contribution in [1.82, 2.24) is 31.3 Å². The van der Waals surface area contributed by atoms with Crippen LogP contribution in [0.15, 0.2) is 24.8 Å². The van der Waals surface area contributed by atoms with Gasteiger partial charge in [0.2, 0.25) is 29.5 Å². The Labute approximate surface area is 420 Å². The third-order valence-corrected chi connectivity index (χ3v) is 12.9. The first-order valence-corrected chi connectivity index (χ1v) is 23.7. The van der Waals surface area contributed by atoms with Crippen LogP contribution < -0.4 is 65.7 Å². The summed E-state index contributed by atoms with van der Waals surface area (Å²) in [6, 6.07) is -6.98. The maximum Gasteiger partial charge on any atom is 0.249 e. The van der Waals surface area contributed by atoms with E-state index in [-0.39, 0.29) is 99.6 Å². The number of nitrogens with zero attached hydrogens (tertiary/aromatic N) is 3. The minimum atomic E-state index is -2.58. The number of amides is 5. The number of guanidine groups is 3. The third-order valence-electron chi connectivity index (χ3n) is 10.1. The van der Waals surface area contributed by atoms with E-state index in [2.05, 4.69) is 54.4 Å². The second-order valence-electron chi connectivity index (χ2n) is 15.8. The molecule has 5 rings (SSSR count). The van der Waals surface area contributed by atoms with Crippen LogP contribution in [-0.4, -0.2) is 115 Å². The van der Waals surface area contributed by atoms with Crippen molar-refractivity contribution in [3.8, 4) is 11.1 Å². The van der Waals surface area contributed by atoms with Crippen molar-refractivity contribution in [2.24, 2.45) is 55.3 Å². The zero-order valence-electron chi connectivity index (χ0n) is 38.3. The Hall–Kier alpha value is -6.28. The summed E-state index contributed by atoms with van der Waals surface area (Å²) in [5.74, 6) is -29.1. The molecular formula is C40H53F8N15O6S3. The highest BCUT2D eigenvalue weighted by atomic mass is 32.2. The van der Waals surface area contributed by atoms with Crippen molar-refractivity contribution in [2.45, 2.75) is 91.7 Å². The average Bonchev–Trinajstić information content (AvgIpc) is 3.31. The molecule has 0 aliphatic carbocycles. The topological polar surface area (TPSA) is 368 Å². The fourth-order valence-corrected chi connectivity index (χ4v) is 8.51. The predicted octanol–water partition coefficient (Wildman–Crippen LogP) is -0.134. The number of fused-ring (bicyclic) bond motifs is 2. The van der Waals surface area contributed by atoms with Gasteiger partial charge in [0, 0.05) is 31.3 Å². The number of Topliss-reactive ketones (excluding diaryl/α,β-unsaturated/α-hetero) is 1. The molecule has 3 aliphatic heterocycles. The Balaban J connectivity index is 2.34. The van der Waals surface area contributed by atoms with Crippen LogP contribution in [0.4, 0.5) is 35.1 Å². The number of ketones is 1. The summed E-state index contributed by atoms with van der Waals surface area (Å²) in [5.41, 5.74) is 28.0. The zero-order valence-corrected chi connectivity index (χ0v) is 40.8. The summed E-state index contributed by atoms with van der Waals surface area (Å²) in [4.78, 5) is 90.4. The van der Waals surface area contributed by atoms with E-state index in [1.165, 1.54) is 13.8 Å². The van der Waals surface area contributed by atoms with Gasteiger partial charge in [-0.25, -0.2) is 39.8 Å². The molecule has 5 unspecified atom stereocenters. The molecule has 398 valence electrons. The number of carbonyl (C=O) groups is 6. The average molecular weight is 1090 g/mol. The van der Waals surface area contributed by atoms with Crippen molar-refractivity contribution in [3.05, 3.63) is 46.5 Å². The van der Waals surface area contributed by atoms with Gasteiger partial charge < -0.3 is 61.0 Å². The number of nitrogens with one attached hydrogen (secondary N) is 6. The zero-order chi connectivity index (χ0) is 54.1. The third kappa shape index (κ3) is 16.6. The first kappa shape index (κ1) is 60.0. The number of thiol groups is 1. The van der Waals surface area contributed by atoms with Gasteiger partial charge >= 0.3 is 0 Å². The van der Waals surface area contributed by atoms with Gasteiger partial charge in [0.25, 0.3) is 0 Å². The highest BCUT2D eigenvalue weighted by Crippen LogP contribution is 2.42. The molecule has 0 spiro atoms. The lowest BCUT2D eigenvalue weighted by molar-refractivity contribution is -0.134. The molecule has 18 N–H and O–H groups in total. The molecule has 3 heterocycles. The largest absolute Gasteiger partial charge is 0.370 e. The number of halogens is 8. The Morgan fingerprint density at radius 2 is 0.958 bits per heavy atom. The van der Waals surface area contributed by atoms with Gasteiger partial charge in [0.1, 0.15) is 29.5 Å². The van der Waals surface area contributed by atoms with Gasteiger partial charge in [-0.1, -0.05) is 38.4 Å². The van der Waals surface area contributed by atoms with E-state index in [1.54, 1.807) is 0 Å². The predicted molar refractivity (Wildman–Crippen MR) is 254 cm³/mol. The maximum absolute atomic E-state index is 15.8. The number of hydrogen-bond acceptors (Lipinski definition) is 13. The van der Waals surface area contributed by atoms with Gasteiger partial charge in [-0.15, -0.1) is 11.8 Å². The molecular weight excluding hydrogens is 1030 g/mol. The normalized spacial score (nSPS) is 19.1. The van der Waals surface area contributed by atoms with Crippen molar-refractivity contribution >= 4 is 89.5 Å². The summed E-state index contributed by atoms with van der Waals surface area (Å²) < 4.78 is 128. The van der Waals surface area contributed by atoms with Gasteiger partial charge in [0.15, 0.2) is 70.2 Å². The van der Waals surface area contributed by atoms with E-state index in [0.717, 1.165) is 0 Å². The summed E-state index contributed by atoms with van der Waals surface area (Å²) >= 11 is 3.29. The number of benzene rings is 2. The van der Waals surface area contributed by atoms with E-state index < -0.39 is 151 Å². The highest BCUT2D eigenvalue weighted by Gasteiger charge is 2.38. The highest BCUT2D eigenvalue weighted by molar-refractivity contribution is 8.01. The molecule has 4 bridgehead atoms. The van der Waals surface area contributed by atoms with Gasteiger partial charge in [-0.3, -0.25) is 43.7 Å². The van der Waals surface area contributed by atoms with E-state index in [0.29, 0.717) is 0 Å². The molecule has 0 radical (unpaired) electrons. The molecule has 21 nitrogen and oxygen atoms in total. The number of thioether (sulfide) groups is 2. The van der Waals surface area contributed by atoms with Crippen LogP contribution >= 0.6 is 36.3 Å². The molecule has 3 aliphatic rings. The Morgan fingerprint density at radius 1 is 0.597 bits per heavy atom. The summed E-state index contributed by atoms with van der Waals surface area (Å²) in [5, 5.41) is 9.53. The molecule has 2 aromatic rings. The number of rotatable bonds is 17. The van der Waals surface area contributed by atoms with Crippen molar-refractivity contribution in [2.75, 3.05) is 31.9 Å². The lowest BCUT2D eigenvalue weighted by Crippen LogP contribution is -2.59. The van der Waals surface area contributed by atoms with Crippen LogP contribution in [0.2, 0.25) is 0 Å². The Kier molecular flexibility index (Phi) is 23.4. The lowest BCUT2D eigenvalue weighted by atomic mass is 10.0. The molecule has 72 heavy (non-hydrogen) atoms. The first-order valence-electron chi connectivity index (χ1n) is 21.4. The minimum absolute atomic E-state index is 0.0334. The number of hydrogen-bond donors (Lipinski definition) is 13. The standard InChI is InChI=1S/C40H53F8N15O6S3/c1-14(2)19(64)12-58-32(65)18-13-71-30-26(45)22(41)20(23(42)27(30)46)21-24(43)28(47)31(29(48)25(21)44)72-37(63-70)36(69)61-17(8-5-11-57-40(53)54)34(67)59-15(6-3-9-55-38(49)50)33(66)60-16(35(68)62-18)7-4-10-56-39(51)52/h14-18,37,63,70H,3-13H2,1-2H3,(H,58,65)(H,59,67)(H,60,66)(H,61,69)(H,62,68)(H4,49,50,55)(H4,51,52,56)(H4,53,54,57). The molecule has 0 saturated heterocycles. The van der Waals surface area contributed by atoms with Crippen molar-refractivity contribution in [3.63, 3.8) is 0 Å². The summed E-state index contributed by atoms with van der Waals surface area (Å²) in [6.07, 6.45) is -1.13. The SMILES string of the molecule is CC(C)C(=O)CNC(=O)C1CSc2c(F)c(F)c(c(F)c2F)-c2c(F)c(F)c(c(F)c2F)SC(NS)C(=O)NC(CCCN=C(N)N)C(=O)NC(CCCN=C(N)N)C(=O)NC(CCCN=C(N)N)C(=O)N1. The molecule has 0 fully saturated rings. The van der Waals surface area contributed by atoms with Crippen LogP contribution in [0.3, 0.4) is 0 Å². The molecule has 5 atom stereocenters. The number of aliphatic imine (C=N–C) groups is 3. The second kappa shape index (κ2) is 28.1. The summed E-state index contributed by atoms with van der Waals surface area (Å²) in [6.45, 7) is 1.92. The number of carbonyl (C=O) groups excluding carboxylic acids is 6. The molecule has 0 aromatic heterocycles. The van der Waals surface area contributed by atoms with Crippen LogP contribution in [0.25, 0.3) is 11.1 Å². The van der Waals surface area contributed by atoms with Crippen LogP contribution in [0, 0.1) is 52.5 Å². The van der Waals surface area contributed by atoms with Gasteiger partial charge in [-0.2, -0.15) is 0 Å². The molecule has 2 aromatic carbocycles. The smallest absolute Gasteiger partial charge is 0.249 e.